The van der Waals surface area contributed by atoms with Crippen LogP contribution in [0, 0.1) is 6.92 Å². The normalized spacial score (nSPS) is 10.2. The molecule has 0 aliphatic rings. The summed E-state index contributed by atoms with van der Waals surface area (Å²) in [4.78, 5) is 30.2. The maximum Gasteiger partial charge on any atom is 0.290 e. The number of benzene rings is 1. The minimum Gasteiger partial charge on any atom is -0.483 e. The van der Waals surface area contributed by atoms with Crippen molar-refractivity contribution < 1.29 is 9.90 Å². The number of H-pyrrole nitrogens is 1. The molecule has 0 bridgehead atoms. The van der Waals surface area contributed by atoms with Crippen LogP contribution in [0.3, 0.4) is 0 Å². The first-order valence-corrected chi connectivity index (χ1v) is 8.02. The molecule has 7 nitrogen and oxygen atoms in total. The van der Waals surface area contributed by atoms with E-state index >= 15 is 0 Å². The first kappa shape index (κ1) is 18.3. The molecule has 3 aromatic rings. The molecule has 0 radical (unpaired) electrons. The van der Waals surface area contributed by atoms with Crippen molar-refractivity contribution in [2.45, 2.75) is 20.4 Å². The summed E-state index contributed by atoms with van der Waals surface area (Å²) in [5.74, 6) is 0. The van der Waals surface area contributed by atoms with Crippen molar-refractivity contribution in [1.82, 2.24) is 14.5 Å². The van der Waals surface area contributed by atoms with E-state index in [-0.39, 0.29) is 12.0 Å². The number of hydrogen-bond donors (Lipinski definition) is 2. The van der Waals surface area contributed by atoms with Crippen LogP contribution in [0.15, 0.2) is 47.7 Å². The molecule has 0 saturated heterocycles. The molecule has 7 heteroatoms. The van der Waals surface area contributed by atoms with Gasteiger partial charge in [0.05, 0.1) is 11.8 Å². The number of likely N-dealkylation sites (N-methyl/N-ethyl adjacent to an activating group) is 1. The highest BCUT2D eigenvalue weighted by molar-refractivity contribution is 5.73. The van der Waals surface area contributed by atoms with Gasteiger partial charge in [0.1, 0.15) is 5.52 Å². The van der Waals surface area contributed by atoms with Gasteiger partial charge in [0.25, 0.3) is 12.0 Å². The van der Waals surface area contributed by atoms with Gasteiger partial charge in [-0.15, -0.1) is 0 Å². The molecule has 132 valence electrons. The first-order valence-electron chi connectivity index (χ1n) is 8.02. The van der Waals surface area contributed by atoms with Gasteiger partial charge in [0.2, 0.25) is 0 Å². The van der Waals surface area contributed by atoms with E-state index in [9.17, 15) is 4.79 Å². The molecule has 0 fully saturated rings. The predicted molar refractivity (Wildman–Crippen MR) is 98.1 cm³/mol. The van der Waals surface area contributed by atoms with E-state index in [1.807, 2.05) is 6.07 Å². The number of rotatable bonds is 5. The van der Waals surface area contributed by atoms with Gasteiger partial charge in [-0.1, -0.05) is 12.1 Å². The average Bonchev–Trinajstić information content (AvgIpc) is 3.07. The number of anilines is 1. The van der Waals surface area contributed by atoms with Gasteiger partial charge in [-0.25, -0.2) is 4.98 Å². The minimum atomic E-state index is -0.250. The van der Waals surface area contributed by atoms with E-state index in [1.165, 1.54) is 11.3 Å². The largest absolute Gasteiger partial charge is 0.483 e. The quantitative estimate of drug-likeness (QED) is 0.694. The van der Waals surface area contributed by atoms with E-state index in [0.29, 0.717) is 17.6 Å². The fourth-order valence-corrected chi connectivity index (χ4v) is 2.65. The summed E-state index contributed by atoms with van der Waals surface area (Å²) in [6.07, 6.45) is 3.37. The summed E-state index contributed by atoms with van der Waals surface area (Å²) < 4.78 is 1.66. The molecule has 25 heavy (non-hydrogen) atoms. The average molecular weight is 342 g/mol. The second-order valence-corrected chi connectivity index (χ2v) is 5.51. The molecule has 0 amide bonds. The van der Waals surface area contributed by atoms with Crippen LogP contribution in [0.25, 0.3) is 11.0 Å². The van der Waals surface area contributed by atoms with Crippen molar-refractivity contribution in [2.75, 3.05) is 18.0 Å². The van der Waals surface area contributed by atoms with Crippen molar-refractivity contribution in [3.8, 4) is 0 Å². The molecule has 0 aliphatic carbocycles. The molecule has 0 saturated carbocycles. The highest BCUT2D eigenvalue weighted by Crippen LogP contribution is 2.15. The maximum atomic E-state index is 12.4. The predicted octanol–water partition coefficient (Wildman–Crippen LogP) is 2.26. The van der Waals surface area contributed by atoms with Gasteiger partial charge in [0.15, 0.2) is 0 Å². The Labute approximate surface area is 145 Å². The number of nitrogens with one attached hydrogen (secondary N) is 1. The van der Waals surface area contributed by atoms with Crippen LogP contribution in [0.4, 0.5) is 5.69 Å². The standard InChI is InChI=1S/C17H20N4O.CH2O2/c1-3-20(14-6-4-5-13(2)11-14)9-10-21-12-19-15-7-8-18-16(15)17(21)22;2-1-3/h4-8,11-12,18H,3,9-10H2,1-2H3;1H,(H,2,3). The lowest BCUT2D eigenvalue weighted by Crippen LogP contribution is -2.31. The number of aryl methyl sites for hydroxylation is 1. The van der Waals surface area contributed by atoms with Crippen LogP contribution in [-0.4, -0.2) is 39.2 Å². The molecule has 0 aliphatic heterocycles. The number of hydrogen-bond acceptors (Lipinski definition) is 4. The number of aromatic nitrogens is 3. The Morgan fingerprint density at radius 3 is 2.80 bits per heavy atom. The van der Waals surface area contributed by atoms with Gasteiger partial charge < -0.3 is 15.0 Å². The molecule has 1 aromatic carbocycles. The Balaban J connectivity index is 0.000000701. The molecule has 2 aromatic heterocycles. The Hall–Kier alpha value is -3.09. The zero-order valence-electron chi connectivity index (χ0n) is 14.3. The van der Waals surface area contributed by atoms with Crippen molar-refractivity contribution >= 4 is 23.2 Å². The second-order valence-electron chi connectivity index (χ2n) is 5.51. The minimum absolute atomic E-state index is 0.0182. The summed E-state index contributed by atoms with van der Waals surface area (Å²) in [7, 11) is 0. The number of nitrogens with zero attached hydrogens (tertiary/aromatic N) is 3. The Bertz CT molecular complexity index is 885. The zero-order valence-corrected chi connectivity index (χ0v) is 14.3. The third kappa shape index (κ3) is 4.47. The van der Waals surface area contributed by atoms with Crippen LogP contribution in [0.2, 0.25) is 0 Å². The summed E-state index contributed by atoms with van der Waals surface area (Å²) in [5.41, 5.74) is 3.69. The highest BCUT2D eigenvalue weighted by atomic mass is 16.3. The Morgan fingerprint density at radius 1 is 1.36 bits per heavy atom. The third-order valence-electron chi connectivity index (χ3n) is 3.90. The molecule has 0 spiro atoms. The van der Waals surface area contributed by atoms with E-state index in [2.05, 4.69) is 53.0 Å². The second kappa shape index (κ2) is 8.68. The van der Waals surface area contributed by atoms with Crippen LogP contribution in [0.5, 0.6) is 0 Å². The third-order valence-corrected chi connectivity index (χ3v) is 3.90. The van der Waals surface area contributed by atoms with Crippen molar-refractivity contribution in [3.05, 3.63) is 58.8 Å². The smallest absolute Gasteiger partial charge is 0.290 e. The van der Waals surface area contributed by atoms with Gasteiger partial charge >= 0.3 is 0 Å². The van der Waals surface area contributed by atoms with Gasteiger partial charge in [0, 0.05) is 31.5 Å². The summed E-state index contributed by atoms with van der Waals surface area (Å²) in [5, 5.41) is 6.89. The van der Waals surface area contributed by atoms with Crippen LogP contribution in [0.1, 0.15) is 12.5 Å². The molecular formula is C18H22N4O3. The molecule has 2 N–H and O–H groups in total. The molecule has 0 atom stereocenters. The maximum absolute atomic E-state index is 12.4. The van der Waals surface area contributed by atoms with E-state index < -0.39 is 0 Å². The molecular weight excluding hydrogens is 320 g/mol. The monoisotopic (exact) mass is 342 g/mol. The van der Waals surface area contributed by atoms with E-state index in [0.717, 1.165) is 13.1 Å². The van der Waals surface area contributed by atoms with Crippen LogP contribution in [-0.2, 0) is 11.3 Å². The fraction of sp³-hybridized carbons (Fsp3) is 0.278. The fourth-order valence-electron chi connectivity index (χ4n) is 2.65. The highest BCUT2D eigenvalue weighted by Gasteiger charge is 2.08. The Kier molecular flexibility index (Phi) is 6.33. The van der Waals surface area contributed by atoms with Gasteiger partial charge in [-0.2, -0.15) is 0 Å². The summed E-state index contributed by atoms with van der Waals surface area (Å²) in [6.45, 7) is 6.25. The number of fused-ring (bicyclic) bond motifs is 1. The SMILES string of the molecule is CCN(CCn1cnc2cc[nH]c2c1=O)c1cccc(C)c1.O=CO. The van der Waals surface area contributed by atoms with Crippen LogP contribution < -0.4 is 10.5 Å². The number of carbonyl (C=O) groups is 1. The number of aromatic amines is 1. The molecule has 0 unspecified atom stereocenters. The number of carboxylic acid groups (broad SMARTS) is 1. The topological polar surface area (TPSA) is 91.2 Å². The van der Waals surface area contributed by atoms with Crippen molar-refractivity contribution in [1.29, 1.82) is 0 Å². The lowest BCUT2D eigenvalue weighted by atomic mass is 10.2. The molecule has 2 heterocycles. The Morgan fingerprint density at radius 2 is 2.12 bits per heavy atom. The van der Waals surface area contributed by atoms with E-state index in [1.54, 1.807) is 17.1 Å². The van der Waals surface area contributed by atoms with Crippen LogP contribution >= 0.6 is 0 Å². The van der Waals surface area contributed by atoms with Crippen molar-refractivity contribution in [3.63, 3.8) is 0 Å². The van der Waals surface area contributed by atoms with Crippen molar-refractivity contribution in [2.24, 2.45) is 0 Å². The van der Waals surface area contributed by atoms with Gasteiger partial charge in [-0.05, 0) is 37.6 Å². The summed E-state index contributed by atoms with van der Waals surface area (Å²) >= 11 is 0. The van der Waals surface area contributed by atoms with Gasteiger partial charge in [-0.3, -0.25) is 14.2 Å². The lowest BCUT2D eigenvalue weighted by Gasteiger charge is -2.23. The van der Waals surface area contributed by atoms with E-state index in [4.69, 9.17) is 9.90 Å². The zero-order chi connectivity index (χ0) is 18.2. The first-order chi connectivity index (χ1) is 12.1. The lowest BCUT2D eigenvalue weighted by molar-refractivity contribution is -0.122. The summed E-state index contributed by atoms with van der Waals surface area (Å²) in [6, 6.07) is 10.2. The molecule has 3 rings (SSSR count).